The Morgan fingerprint density at radius 3 is 2.72 bits per heavy atom. The van der Waals surface area contributed by atoms with E-state index in [2.05, 4.69) is 28.0 Å². The highest BCUT2D eigenvalue weighted by molar-refractivity contribution is 7.98. The minimum absolute atomic E-state index is 0.195. The maximum Gasteiger partial charge on any atom is 0.176 e. The second-order valence-corrected chi connectivity index (χ2v) is 9.39. The zero-order valence-electron chi connectivity index (χ0n) is 19.0. The maximum absolute atomic E-state index is 12.9. The molecule has 2 aliphatic rings. The Hall–Kier alpha value is -1.86. The summed E-state index contributed by atoms with van der Waals surface area (Å²) in [6.45, 7) is 6.93. The highest BCUT2D eigenvalue weighted by Crippen LogP contribution is 2.33. The summed E-state index contributed by atoms with van der Waals surface area (Å²) in [5.41, 5.74) is 2.05. The van der Waals surface area contributed by atoms with Crippen LogP contribution in [0.15, 0.2) is 53.4 Å². The Bertz CT molecular complexity index is 868. The van der Waals surface area contributed by atoms with Crippen molar-refractivity contribution in [2.24, 2.45) is 0 Å². The van der Waals surface area contributed by atoms with Crippen molar-refractivity contribution in [1.82, 2.24) is 9.80 Å². The Morgan fingerprint density at radius 1 is 1.12 bits per heavy atom. The predicted molar refractivity (Wildman–Crippen MR) is 130 cm³/mol. The van der Waals surface area contributed by atoms with Crippen LogP contribution in [0.1, 0.15) is 41.2 Å². The van der Waals surface area contributed by atoms with Crippen LogP contribution < -0.4 is 4.74 Å². The molecule has 0 amide bonds. The van der Waals surface area contributed by atoms with Crippen LogP contribution in [-0.2, 0) is 4.74 Å². The fourth-order valence-corrected chi connectivity index (χ4v) is 4.97. The molecule has 2 aromatic carbocycles. The molecule has 172 valence electrons. The molecule has 2 saturated heterocycles. The Balaban J connectivity index is 1.30. The summed E-state index contributed by atoms with van der Waals surface area (Å²) in [5.74, 6) is 1.12. The van der Waals surface area contributed by atoms with Gasteiger partial charge in [0.05, 0.1) is 26.4 Å². The normalized spacial score (nSPS) is 19.8. The molecule has 2 heterocycles. The molecule has 5 nitrogen and oxygen atoms in total. The van der Waals surface area contributed by atoms with Gasteiger partial charge in [-0.1, -0.05) is 24.3 Å². The van der Waals surface area contributed by atoms with E-state index < -0.39 is 0 Å². The van der Waals surface area contributed by atoms with Crippen molar-refractivity contribution in [2.75, 3.05) is 58.8 Å². The molecular weight excluding hydrogens is 420 g/mol. The monoisotopic (exact) mass is 454 g/mol. The highest BCUT2D eigenvalue weighted by atomic mass is 32.2. The number of ether oxygens (including phenoxy) is 2. The smallest absolute Gasteiger partial charge is 0.176 e. The summed E-state index contributed by atoms with van der Waals surface area (Å²) >= 11 is 1.69. The van der Waals surface area contributed by atoms with E-state index in [0.29, 0.717) is 6.54 Å². The zero-order valence-corrected chi connectivity index (χ0v) is 19.8. The lowest BCUT2D eigenvalue weighted by atomic mass is 10.0. The van der Waals surface area contributed by atoms with Gasteiger partial charge in [0.1, 0.15) is 5.75 Å². The van der Waals surface area contributed by atoms with E-state index in [-0.39, 0.29) is 11.8 Å². The topological polar surface area (TPSA) is 42.0 Å². The number of benzene rings is 2. The van der Waals surface area contributed by atoms with Crippen LogP contribution in [0.2, 0.25) is 0 Å². The third kappa shape index (κ3) is 6.35. The SMILES string of the molecule is CSc1ccc(C(=O)CN2CCCC2c2cccc(OCCCN3CCOCC3)c2)cc1. The van der Waals surface area contributed by atoms with Crippen molar-refractivity contribution >= 4 is 17.5 Å². The molecule has 0 aromatic heterocycles. The van der Waals surface area contributed by atoms with Crippen LogP contribution >= 0.6 is 11.8 Å². The molecule has 0 radical (unpaired) electrons. The minimum Gasteiger partial charge on any atom is -0.494 e. The van der Waals surface area contributed by atoms with Gasteiger partial charge in [0.2, 0.25) is 0 Å². The van der Waals surface area contributed by atoms with E-state index in [4.69, 9.17) is 9.47 Å². The van der Waals surface area contributed by atoms with Gasteiger partial charge in [-0.15, -0.1) is 11.8 Å². The quantitative estimate of drug-likeness (QED) is 0.299. The summed E-state index contributed by atoms with van der Waals surface area (Å²) < 4.78 is 11.5. The van der Waals surface area contributed by atoms with Gasteiger partial charge >= 0.3 is 0 Å². The largest absolute Gasteiger partial charge is 0.494 e. The number of carbonyl (C=O) groups is 1. The molecule has 2 aromatic rings. The van der Waals surface area contributed by atoms with Gasteiger partial charge in [-0.3, -0.25) is 14.6 Å². The molecule has 0 spiro atoms. The van der Waals surface area contributed by atoms with Gasteiger partial charge in [-0.25, -0.2) is 0 Å². The number of Topliss-reactive ketones (excluding diaryl/α,β-unsaturated/α-hetero) is 1. The number of morpholine rings is 1. The van der Waals surface area contributed by atoms with E-state index in [0.717, 1.165) is 76.6 Å². The first-order chi connectivity index (χ1) is 15.7. The fourth-order valence-electron chi connectivity index (χ4n) is 4.56. The molecule has 2 fully saturated rings. The standard InChI is InChI=1S/C26H34N2O3S/c1-32-24-10-8-21(9-11-24)26(29)20-28-13-3-7-25(28)22-5-2-6-23(19-22)31-16-4-12-27-14-17-30-18-15-27/h2,5-6,8-11,19,25H,3-4,7,12-18,20H2,1H3. The van der Waals surface area contributed by atoms with Crippen molar-refractivity contribution in [1.29, 1.82) is 0 Å². The van der Waals surface area contributed by atoms with Gasteiger partial charge in [0.25, 0.3) is 0 Å². The first-order valence-electron chi connectivity index (χ1n) is 11.7. The number of carbonyl (C=O) groups excluding carboxylic acids is 1. The molecule has 2 aliphatic heterocycles. The Morgan fingerprint density at radius 2 is 1.94 bits per heavy atom. The van der Waals surface area contributed by atoms with Crippen molar-refractivity contribution in [3.05, 3.63) is 59.7 Å². The minimum atomic E-state index is 0.195. The lowest BCUT2D eigenvalue weighted by Crippen LogP contribution is -2.37. The van der Waals surface area contributed by atoms with Crippen LogP contribution in [0.3, 0.4) is 0 Å². The van der Waals surface area contributed by atoms with Gasteiger partial charge < -0.3 is 9.47 Å². The third-order valence-corrected chi connectivity index (χ3v) is 7.10. The third-order valence-electron chi connectivity index (χ3n) is 6.36. The van der Waals surface area contributed by atoms with E-state index >= 15 is 0 Å². The fraction of sp³-hybridized carbons (Fsp3) is 0.500. The van der Waals surface area contributed by atoms with Crippen LogP contribution in [-0.4, -0.2) is 74.4 Å². The Kier molecular flexibility index (Phi) is 8.62. The average Bonchev–Trinajstić information content (AvgIpc) is 3.31. The number of hydrogen-bond acceptors (Lipinski definition) is 6. The summed E-state index contributed by atoms with van der Waals surface area (Å²) in [4.78, 5) is 18.8. The summed E-state index contributed by atoms with van der Waals surface area (Å²) in [7, 11) is 0. The number of hydrogen-bond donors (Lipinski definition) is 0. The molecule has 0 aliphatic carbocycles. The van der Waals surface area contributed by atoms with Gasteiger partial charge in [0.15, 0.2) is 5.78 Å². The number of likely N-dealkylation sites (tertiary alicyclic amines) is 1. The lowest BCUT2D eigenvalue weighted by Gasteiger charge is -2.26. The number of thioether (sulfide) groups is 1. The first-order valence-corrected chi connectivity index (χ1v) is 12.9. The van der Waals surface area contributed by atoms with Crippen molar-refractivity contribution in [2.45, 2.75) is 30.2 Å². The number of rotatable bonds is 10. The highest BCUT2D eigenvalue weighted by Gasteiger charge is 2.28. The van der Waals surface area contributed by atoms with Gasteiger partial charge in [-0.05, 0) is 61.9 Å². The van der Waals surface area contributed by atoms with E-state index in [1.165, 1.54) is 10.5 Å². The second-order valence-electron chi connectivity index (χ2n) is 8.51. The Labute approximate surface area is 196 Å². The molecule has 0 bridgehead atoms. The van der Waals surface area contributed by atoms with E-state index in [1.807, 2.05) is 36.6 Å². The van der Waals surface area contributed by atoms with Gasteiger partial charge in [0, 0.05) is 36.1 Å². The summed E-state index contributed by atoms with van der Waals surface area (Å²) in [6.07, 6.45) is 5.27. The number of nitrogens with zero attached hydrogens (tertiary/aromatic N) is 2. The van der Waals surface area contributed by atoms with E-state index in [9.17, 15) is 4.79 Å². The molecular formula is C26H34N2O3S. The molecule has 0 saturated carbocycles. The predicted octanol–water partition coefficient (Wildman–Crippen LogP) is 4.53. The van der Waals surface area contributed by atoms with Crippen LogP contribution in [0.5, 0.6) is 5.75 Å². The average molecular weight is 455 g/mol. The summed E-state index contributed by atoms with van der Waals surface area (Å²) in [6, 6.07) is 16.7. The molecule has 32 heavy (non-hydrogen) atoms. The molecule has 0 N–H and O–H groups in total. The lowest BCUT2D eigenvalue weighted by molar-refractivity contribution is 0.0358. The maximum atomic E-state index is 12.9. The van der Waals surface area contributed by atoms with Crippen molar-refractivity contribution in [3.8, 4) is 5.75 Å². The van der Waals surface area contributed by atoms with Crippen LogP contribution in [0, 0.1) is 0 Å². The molecule has 1 atom stereocenters. The van der Waals surface area contributed by atoms with Gasteiger partial charge in [-0.2, -0.15) is 0 Å². The molecule has 1 unspecified atom stereocenters. The van der Waals surface area contributed by atoms with Crippen LogP contribution in [0.25, 0.3) is 0 Å². The second kappa shape index (κ2) is 11.8. The zero-order chi connectivity index (χ0) is 22.2. The summed E-state index contributed by atoms with van der Waals surface area (Å²) in [5, 5.41) is 0. The number of ketones is 1. The molecule has 4 rings (SSSR count). The van der Waals surface area contributed by atoms with E-state index in [1.54, 1.807) is 11.8 Å². The van der Waals surface area contributed by atoms with Crippen LogP contribution in [0.4, 0.5) is 0 Å². The van der Waals surface area contributed by atoms with Crippen molar-refractivity contribution < 1.29 is 14.3 Å². The first kappa shape index (κ1) is 23.3. The molecule has 6 heteroatoms. The van der Waals surface area contributed by atoms with Crippen molar-refractivity contribution in [3.63, 3.8) is 0 Å².